The van der Waals surface area contributed by atoms with Crippen LogP contribution in [-0.2, 0) is 15.1 Å². The Bertz CT molecular complexity index is 1020. The number of methoxy groups -OCH3 is 3. The van der Waals surface area contributed by atoms with Crippen molar-refractivity contribution >= 4 is 5.97 Å². The Morgan fingerprint density at radius 2 is 1.03 bits per heavy atom. The normalized spacial score (nSPS) is 18.7. The highest BCUT2D eigenvalue weighted by Gasteiger charge is 2.66. The van der Waals surface area contributed by atoms with Crippen LogP contribution in [-0.4, -0.2) is 38.5 Å². The summed E-state index contributed by atoms with van der Waals surface area (Å²) in [6.45, 7) is 3.86. The van der Waals surface area contributed by atoms with Gasteiger partial charge in [-0.15, -0.1) is 0 Å². The van der Waals surface area contributed by atoms with Crippen LogP contribution in [0.15, 0.2) is 72.8 Å². The molecule has 0 bridgehead atoms. The maximum atomic E-state index is 12.0. The number of carboxylic acids is 1. The molecule has 2 unspecified atom stereocenters. The first-order chi connectivity index (χ1) is 16.3. The van der Waals surface area contributed by atoms with Crippen molar-refractivity contribution < 1.29 is 28.8 Å². The summed E-state index contributed by atoms with van der Waals surface area (Å²) in [5.74, 6) is 0.691. The van der Waals surface area contributed by atoms with Gasteiger partial charge in [0.15, 0.2) is 0 Å². The fourth-order valence-electron chi connectivity index (χ4n) is 4.63. The van der Waals surface area contributed by atoms with Crippen molar-refractivity contribution in [1.29, 1.82) is 0 Å². The summed E-state index contributed by atoms with van der Waals surface area (Å²) in [6, 6.07) is 23.0. The molecule has 1 fully saturated rings. The number of carboxylic acid groups (broad SMARTS) is 1. The number of carbonyl (C=O) groups is 1. The van der Waals surface area contributed by atoms with Gasteiger partial charge in [-0.2, -0.15) is 0 Å². The van der Waals surface area contributed by atoms with E-state index >= 15 is 0 Å². The molecule has 4 rings (SSSR count). The first-order valence-electron chi connectivity index (χ1n) is 11.1. The minimum absolute atomic E-state index is 0.490. The van der Waals surface area contributed by atoms with Gasteiger partial charge < -0.3 is 24.1 Å². The van der Waals surface area contributed by atoms with Crippen molar-refractivity contribution in [2.75, 3.05) is 21.3 Å². The average Bonchev–Trinajstić information content (AvgIpc) is 3.42. The molecule has 1 saturated carbocycles. The molecule has 0 radical (unpaired) electrons. The van der Waals surface area contributed by atoms with E-state index in [1.54, 1.807) is 21.3 Å². The van der Waals surface area contributed by atoms with E-state index in [-0.39, 0.29) is 0 Å². The highest BCUT2D eigenvalue weighted by molar-refractivity contribution is 5.76. The molecule has 1 aliphatic carbocycles. The number of hydrogen-bond acceptors (Lipinski definition) is 5. The lowest BCUT2D eigenvalue weighted by Gasteiger charge is -2.37. The highest BCUT2D eigenvalue weighted by atomic mass is 16.5. The van der Waals surface area contributed by atoms with Gasteiger partial charge in [-0.05, 0) is 53.1 Å². The van der Waals surface area contributed by atoms with Crippen molar-refractivity contribution in [3.8, 4) is 17.2 Å². The summed E-state index contributed by atoms with van der Waals surface area (Å²) in [6.07, 6.45) is -0.490. The molecule has 3 aromatic rings. The van der Waals surface area contributed by atoms with Gasteiger partial charge in [-0.1, -0.05) is 50.2 Å². The number of rotatable bonds is 9. The van der Waals surface area contributed by atoms with Crippen LogP contribution in [0.4, 0.5) is 0 Å². The van der Waals surface area contributed by atoms with E-state index in [1.165, 1.54) is 0 Å². The summed E-state index contributed by atoms with van der Waals surface area (Å²) in [4.78, 5) is 12.0. The predicted octanol–water partition coefficient (Wildman–Crippen LogP) is 5.13. The fourth-order valence-corrected chi connectivity index (χ4v) is 4.63. The summed E-state index contributed by atoms with van der Waals surface area (Å²) in [7, 11) is 4.86. The maximum Gasteiger partial charge on any atom is 0.309 e. The van der Waals surface area contributed by atoms with Crippen molar-refractivity contribution in [2.45, 2.75) is 25.6 Å². The number of aliphatic carboxylic acids is 1. The van der Waals surface area contributed by atoms with Crippen LogP contribution in [0, 0.1) is 11.3 Å². The monoisotopic (exact) mass is 462 g/mol. The number of benzene rings is 3. The van der Waals surface area contributed by atoms with E-state index < -0.39 is 29.0 Å². The zero-order chi connectivity index (χ0) is 24.5. The zero-order valence-electron chi connectivity index (χ0n) is 20.1. The third kappa shape index (κ3) is 3.99. The molecule has 178 valence electrons. The van der Waals surface area contributed by atoms with Crippen LogP contribution in [0.1, 0.15) is 30.5 Å². The second-order valence-corrected chi connectivity index (χ2v) is 9.04. The Hall–Kier alpha value is -3.51. The molecule has 6 nitrogen and oxygen atoms in total. The van der Waals surface area contributed by atoms with E-state index in [0.717, 1.165) is 33.9 Å². The zero-order valence-corrected chi connectivity index (χ0v) is 20.1. The summed E-state index contributed by atoms with van der Waals surface area (Å²) < 4.78 is 23.0. The largest absolute Gasteiger partial charge is 0.497 e. The van der Waals surface area contributed by atoms with Gasteiger partial charge in [0.1, 0.15) is 22.8 Å². The van der Waals surface area contributed by atoms with Crippen molar-refractivity contribution in [3.63, 3.8) is 0 Å². The molecule has 6 heteroatoms. The van der Waals surface area contributed by atoms with Gasteiger partial charge in [0.2, 0.25) is 0 Å². The standard InChI is InChI=1S/C28H30O6/c1-27(2)24(26(29)30)25(27)34-28(18-6-12-21(31-3)13-7-18,19-8-14-22(32-4)15-9-19)20-10-16-23(33-5)17-11-20/h6-17,24-25H,1-5H3,(H,29,30). The van der Waals surface area contributed by atoms with Crippen LogP contribution in [0.25, 0.3) is 0 Å². The van der Waals surface area contributed by atoms with Gasteiger partial charge in [0.05, 0.1) is 33.4 Å². The van der Waals surface area contributed by atoms with Gasteiger partial charge in [0, 0.05) is 5.41 Å². The summed E-state index contributed by atoms with van der Waals surface area (Å²) in [5.41, 5.74) is 0.987. The smallest absolute Gasteiger partial charge is 0.309 e. The van der Waals surface area contributed by atoms with Crippen LogP contribution >= 0.6 is 0 Å². The second kappa shape index (κ2) is 9.03. The van der Waals surface area contributed by atoms with Gasteiger partial charge in [-0.3, -0.25) is 4.79 Å². The molecular weight excluding hydrogens is 432 g/mol. The lowest BCUT2D eigenvalue weighted by Crippen LogP contribution is -2.35. The minimum Gasteiger partial charge on any atom is -0.497 e. The van der Waals surface area contributed by atoms with Crippen LogP contribution in [0.5, 0.6) is 17.2 Å². The quantitative estimate of drug-likeness (QED) is 0.445. The van der Waals surface area contributed by atoms with Crippen LogP contribution in [0.2, 0.25) is 0 Å². The van der Waals surface area contributed by atoms with E-state index in [4.69, 9.17) is 18.9 Å². The third-order valence-corrected chi connectivity index (χ3v) is 6.79. The van der Waals surface area contributed by atoms with Gasteiger partial charge >= 0.3 is 5.97 Å². The lowest BCUT2D eigenvalue weighted by atomic mass is 9.79. The second-order valence-electron chi connectivity index (χ2n) is 9.04. The van der Waals surface area contributed by atoms with Gasteiger partial charge in [-0.25, -0.2) is 0 Å². The molecule has 3 aromatic carbocycles. The molecule has 1 N–H and O–H groups in total. The highest BCUT2D eigenvalue weighted by Crippen LogP contribution is 2.58. The Kier molecular flexibility index (Phi) is 6.28. The summed E-state index contributed by atoms with van der Waals surface area (Å²) >= 11 is 0. The van der Waals surface area contributed by atoms with E-state index in [0.29, 0.717) is 0 Å². The Balaban J connectivity index is 1.95. The van der Waals surface area contributed by atoms with Crippen LogP contribution < -0.4 is 14.2 Å². The molecule has 0 heterocycles. The van der Waals surface area contributed by atoms with Crippen LogP contribution in [0.3, 0.4) is 0 Å². The molecule has 0 spiro atoms. The number of ether oxygens (including phenoxy) is 4. The van der Waals surface area contributed by atoms with Crippen molar-refractivity contribution in [3.05, 3.63) is 89.5 Å². The van der Waals surface area contributed by atoms with E-state index in [2.05, 4.69) is 0 Å². The topological polar surface area (TPSA) is 74.2 Å². The minimum atomic E-state index is -1.07. The van der Waals surface area contributed by atoms with E-state index in [9.17, 15) is 9.90 Å². The molecule has 0 aromatic heterocycles. The average molecular weight is 463 g/mol. The fraction of sp³-hybridized carbons (Fsp3) is 0.321. The first-order valence-corrected chi connectivity index (χ1v) is 11.1. The predicted molar refractivity (Wildman–Crippen MR) is 129 cm³/mol. The molecule has 1 aliphatic rings. The molecule has 0 amide bonds. The summed E-state index contributed by atoms with van der Waals surface area (Å²) in [5, 5.41) is 9.84. The molecular formula is C28H30O6. The lowest BCUT2D eigenvalue weighted by molar-refractivity contribution is -0.140. The molecule has 2 atom stereocenters. The molecule has 0 saturated heterocycles. The molecule has 0 aliphatic heterocycles. The maximum absolute atomic E-state index is 12.0. The Morgan fingerprint density at radius 1 is 0.706 bits per heavy atom. The Labute approximate surface area is 200 Å². The third-order valence-electron chi connectivity index (χ3n) is 6.79. The SMILES string of the molecule is COc1ccc(C(OC2C(C(=O)O)C2(C)C)(c2ccc(OC)cc2)c2ccc(OC)cc2)cc1. The number of hydrogen-bond donors (Lipinski definition) is 1. The van der Waals surface area contributed by atoms with E-state index in [1.807, 2.05) is 86.6 Å². The Morgan fingerprint density at radius 3 is 1.26 bits per heavy atom. The van der Waals surface area contributed by atoms with Crippen molar-refractivity contribution in [2.24, 2.45) is 11.3 Å². The van der Waals surface area contributed by atoms with Crippen molar-refractivity contribution in [1.82, 2.24) is 0 Å². The van der Waals surface area contributed by atoms with Gasteiger partial charge in [0.25, 0.3) is 0 Å². The first kappa shape index (κ1) is 23.6. The molecule has 34 heavy (non-hydrogen) atoms.